The largest absolute Gasteiger partial charge is 0.207 e. The molecule has 0 saturated carbocycles. The number of hydrogen-bond donors (Lipinski definition) is 0. The van der Waals surface area contributed by atoms with Crippen LogP contribution in [0.25, 0.3) is 0 Å². The minimum absolute atomic E-state index is 0.336. The van der Waals surface area contributed by atoms with Crippen LogP contribution in [0, 0.1) is 0 Å². The molecule has 102 valence electrons. The van der Waals surface area contributed by atoms with Crippen molar-refractivity contribution in [1.29, 1.82) is 0 Å². The molecular weight excluding hydrogens is 223 g/mol. The van der Waals surface area contributed by atoms with Crippen molar-refractivity contribution >= 4 is 0 Å². The Balaban J connectivity index is -0.000000219. The van der Waals surface area contributed by atoms with Gasteiger partial charge in [0.1, 0.15) is 5.83 Å². The first kappa shape index (κ1) is 21.6. The predicted molar refractivity (Wildman–Crippen MR) is 84.3 cm³/mol. The highest BCUT2D eigenvalue weighted by Gasteiger charge is 1.81. The van der Waals surface area contributed by atoms with Crippen molar-refractivity contribution in [2.24, 2.45) is 0 Å². The molecule has 0 aliphatic heterocycles. The maximum absolute atomic E-state index is 12.1. The number of hydrogen-bond acceptors (Lipinski definition) is 0. The summed E-state index contributed by atoms with van der Waals surface area (Å²) >= 11 is 0. The molecule has 0 saturated heterocycles. The van der Waals surface area contributed by atoms with E-state index in [1.165, 1.54) is 6.08 Å². The summed E-state index contributed by atoms with van der Waals surface area (Å²) in [5, 5.41) is 0. The predicted octanol–water partition coefficient (Wildman–Crippen LogP) is 6.32. The van der Waals surface area contributed by atoms with Crippen molar-refractivity contribution in [1.82, 2.24) is 0 Å². The SMILES string of the molecule is C=C(C)/C=C\C(=C)C.C=C/C(F)=C\C(=C)C.CC. The normalized spacial score (nSPS) is 9.56. The summed E-state index contributed by atoms with van der Waals surface area (Å²) in [5.74, 6) is -0.336. The Bertz CT molecular complexity index is 312. The van der Waals surface area contributed by atoms with Gasteiger partial charge in [-0.25, -0.2) is 4.39 Å². The molecule has 0 unspecified atom stereocenters. The van der Waals surface area contributed by atoms with Gasteiger partial charge in [-0.1, -0.05) is 69.0 Å². The van der Waals surface area contributed by atoms with Gasteiger partial charge in [0.05, 0.1) is 0 Å². The Labute approximate surface area is 113 Å². The van der Waals surface area contributed by atoms with E-state index in [-0.39, 0.29) is 5.83 Å². The van der Waals surface area contributed by atoms with Crippen LogP contribution in [-0.4, -0.2) is 0 Å². The van der Waals surface area contributed by atoms with Gasteiger partial charge in [-0.05, 0) is 32.9 Å². The number of allylic oxidation sites excluding steroid dienone is 8. The van der Waals surface area contributed by atoms with Crippen molar-refractivity contribution in [3.05, 3.63) is 73.2 Å². The van der Waals surface area contributed by atoms with Gasteiger partial charge < -0.3 is 0 Å². The van der Waals surface area contributed by atoms with Gasteiger partial charge in [0.15, 0.2) is 0 Å². The second kappa shape index (κ2) is 15.4. The van der Waals surface area contributed by atoms with Crippen molar-refractivity contribution < 1.29 is 4.39 Å². The molecule has 0 aliphatic rings. The fourth-order valence-electron chi connectivity index (χ4n) is 0.579. The lowest BCUT2D eigenvalue weighted by Crippen LogP contribution is -1.64. The summed E-state index contributed by atoms with van der Waals surface area (Å²) in [6, 6.07) is 0. The monoisotopic (exact) mass is 250 g/mol. The topological polar surface area (TPSA) is 0 Å². The van der Waals surface area contributed by atoms with Crippen LogP contribution >= 0.6 is 0 Å². The highest BCUT2D eigenvalue weighted by molar-refractivity contribution is 5.21. The highest BCUT2D eigenvalue weighted by Crippen LogP contribution is 2.00. The Kier molecular flexibility index (Phi) is 18.5. The van der Waals surface area contributed by atoms with Crippen LogP contribution in [0.4, 0.5) is 4.39 Å². The summed E-state index contributed by atoms with van der Waals surface area (Å²) < 4.78 is 12.1. The molecule has 0 radical (unpaired) electrons. The van der Waals surface area contributed by atoms with Gasteiger partial charge in [0.2, 0.25) is 0 Å². The van der Waals surface area contributed by atoms with Crippen LogP contribution in [0.5, 0.6) is 0 Å². The first-order valence-electron chi connectivity index (χ1n) is 5.93. The van der Waals surface area contributed by atoms with E-state index in [1.54, 1.807) is 6.92 Å². The molecule has 0 atom stereocenters. The molecule has 0 nitrogen and oxygen atoms in total. The van der Waals surface area contributed by atoms with Crippen LogP contribution < -0.4 is 0 Å². The smallest absolute Gasteiger partial charge is 0.122 e. The third-order valence-corrected chi connectivity index (χ3v) is 1.23. The highest BCUT2D eigenvalue weighted by atomic mass is 19.1. The van der Waals surface area contributed by atoms with Gasteiger partial charge in [-0.2, -0.15) is 0 Å². The maximum atomic E-state index is 12.1. The van der Waals surface area contributed by atoms with Gasteiger partial charge in [0.25, 0.3) is 0 Å². The number of halogens is 1. The molecular formula is C17H27F. The maximum Gasteiger partial charge on any atom is 0.122 e. The van der Waals surface area contributed by atoms with Crippen LogP contribution in [0.2, 0.25) is 0 Å². The molecule has 0 heterocycles. The van der Waals surface area contributed by atoms with Crippen LogP contribution in [0.15, 0.2) is 73.2 Å². The lowest BCUT2D eigenvalue weighted by atomic mass is 10.2. The third-order valence-electron chi connectivity index (χ3n) is 1.23. The van der Waals surface area contributed by atoms with Gasteiger partial charge in [-0.15, -0.1) is 0 Å². The molecule has 0 spiro atoms. The first-order valence-corrected chi connectivity index (χ1v) is 5.93. The zero-order valence-electron chi connectivity index (χ0n) is 12.5. The summed E-state index contributed by atoms with van der Waals surface area (Å²) in [5.41, 5.74) is 2.82. The second-order valence-electron chi connectivity index (χ2n) is 3.61. The second-order valence-corrected chi connectivity index (χ2v) is 3.61. The average molecular weight is 250 g/mol. The van der Waals surface area contributed by atoms with E-state index < -0.39 is 0 Å². The summed E-state index contributed by atoms with van der Waals surface area (Å²) in [7, 11) is 0. The quantitative estimate of drug-likeness (QED) is 0.512. The molecule has 1 heteroatoms. The first-order chi connectivity index (χ1) is 8.29. The van der Waals surface area contributed by atoms with E-state index in [0.717, 1.165) is 17.2 Å². The molecule has 0 N–H and O–H groups in total. The van der Waals surface area contributed by atoms with E-state index in [0.29, 0.717) is 5.57 Å². The van der Waals surface area contributed by atoms with Crippen molar-refractivity contribution in [2.45, 2.75) is 34.6 Å². The number of rotatable bonds is 4. The molecule has 0 bridgehead atoms. The van der Waals surface area contributed by atoms with E-state index >= 15 is 0 Å². The minimum atomic E-state index is -0.336. The molecule has 0 rings (SSSR count). The molecule has 0 fully saturated rings. The molecule has 0 aromatic carbocycles. The molecule has 18 heavy (non-hydrogen) atoms. The van der Waals surface area contributed by atoms with Gasteiger partial charge in [-0.3, -0.25) is 0 Å². The third kappa shape index (κ3) is 29.3. The van der Waals surface area contributed by atoms with Gasteiger partial charge >= 0.3 is 0 Å². The Morgan fingerprint density at radius 3 is 1.28 bits per heavy atom. The van der Waals surface area contributed by atoms with E-state index in [4.69, 9.17) is 0 Å². The Morgan fingerprint density at radius 2 is 1.17 bits per heavy atom. The molecule has 0 aliphatic carbocycles. The van der Waals surface area contributed by atoms with Gasteiger partial charge in [0, 0.05) is 0 Å². The molecule has 0 aromatic heterocycles. The van der Waals surface area contributed by atoms with E-state index in [2.05, 4.69) is 26.3 Å². The van der Waals surface area contributed by atoms with E-state index in [9.17, 15) is 4.39 Å². The average Bonchev–Trinajstić information content (AvgIpc) is 2.29. The zero-order chi connectivity index (χ0) is 15.1. The van der Waals surface area contributed by atoms with Crippen LogP contribution in [0.1, 0.15) is 34.6 Å². The Hall–Kier alpha value is -1.63. The summed E-state index contributed by atoms with van der Waals surface area (Å²) in [6.45, 7) is 23.7. The molecule has 0 aromatic rings. The van der Waals surface area contributed by atoms with Crippen molar-refractivity contribution in [2.75, 3.05) is 0 Å². The van der Waals surface area contributed by atoms with Crippen molar-refractivity contribution in [3.63, 3.8) is 0 Å². The lowest BCUT2D eigenvalue weighted by Gasteiger charge is -1.84. The fourth-order valence-corrected chi connectivity index (χ4v) is 0.579. The fraction of sp³-hybridized carbons (Fsp3) is 0.294. The zero-order valence-corrected chi connectivity index (χ0v) is 12.5. The summed E-state index contributed by atoms with van der Waals surface area (Å²) in [6.07, 6.45) is 6.37. The van der Waals surface area contributed by atoms with Crippen LogP contribution in [-0.2, 0) is 0 Å². The lowest BCUT2D eigenvalue weighted by molar-refractivity contribution is 0.666. The van der Waals surface area contributed by atoms with Crippen LogP contribution in [0.3, 0.4) is 0 Å². The Morgan fingerprint density at radius 1 is 0.833 bits per heavy atom. The van der Waals surface area contributed by atoms with Crippen molar-refractivity contribution in [3.8, 4) is 0 Å². The van der Waals surface area contributed by atoms with E-state index in [1.807, 2.05) is 39.8 Å². The summed E-state index contributed by atoms with van der Waals surface area (Å²) in [4.78, 5) is 0. The standard InChI is InChI=1S/C8H12.C7H9F.C2H6/c1-7(2)5-6-8(3)4;1-4-7(8)5-6(2)3;1-2/h5-6H,1,3H2,2,4H3;4-5H,1-2H2,3H3;1-2H3/b6-5-;7-5+;. The molecule has 0 amide bonds. The minimum Gasteiger partial charge on any atom is -0.207 e.